The van der Waals surface area contributed by atoms with Crippen LogP contribution in [0.3, 0.4) is 0 Å². The van der Waals surface area contributed by atoms with E-state index in [4.69, 9.17) is 0 Å². The summed E-state index contributed by atoms with van der Waals surface area (Å²) in [7, 11) is 0. The number of hydrogen-bond donors (Lipinski definition) is 0. The maximum absolute atomic E-state index is 0. The fourth-order valence-corrected chi connectivity index (χ4v) is 0. The molecule has 4 heteroatoms. The van der Waals surface area contributed by atoms with Crippen LogP contribution in [0, 0.1) is 39.9 Å². The number of hydrogen-bond acceptors (Lipinski definition) is 0. The van der Waals surface area contributed by atoms with Crippen LogP contribution in [-0.4, -0.2) is 0 Å². The second-order valence-electron chi connectivity index (χ2n) is 0. The van der Waals surface area contributed by atoms with Gasteiger partial charge in [0.1, 0.15) is 0 Å². The average molecular weight is 289 g/mol. The van der Waals surface area contributed by atoms with Crippen molar-refractivity contribution in [1.29, 1.82) is 0 Å². The molecule has 0 heterocycles. The molecule has 0 fully saturated rings. The topological polar surface area (TPSA) is 0 Å². The van der Waals surface area contributed by atoms with E-state index in [9.17, 15) is 0 Å². The Labute approximate surface area is 53.7 Å². The maximum atomic E-state index is 0. The first-order chi connectivity index (χ1) is 0. The van der Waals surface area contributed by atoms with Crippen molar-refractivity contribution in [3.8, 4) is 0 Å². The van der Waals surface area contributed by atoms with Gasteiger partial charge in [0.15, 0.2) is 0 Å². The van der Waals surface area contributed by atoms with Gasteiger partial charge in [-0.2, -0.15) is 0 Å². The van der Waals surface area contributed by atoms with E-state index in [2.05, 4.69) is 0 Å². The molecule has 0 amide bonds. The zero-order valence-corrected chi connectivity index (χ0v) is 5.74. The summed E-state index contributed by atoms with van der Waals surface area (Å²) in [5, 5.41) is 0. The maximum Gasteiger partial charge on any atom is 2.00 e. The monoisotopic (exact) mass is 289 g/mol. The second-order valence-corrected chi connectivity index (χ2v) is 0. The molecular weight excluding hydrogens is 289 g/mol. The Hall–Kier alpha value is 1.11. The molecule has 0 N–H and O–H groups in total. The molecule has 0 atom stereocenters. The summed E-state index contributed by atoms with van der Waals surface area (Å²) in [5.74, 6) is 0. The van der Waals surface area contributed by atoms with Crippen LogP contribution in [0.1, 0.15) is 0 Å². The summed E-state index contributed by atoms with van der Waals surface area (Å²) in [6.07, 6.45) is 0. The molecule has 0 unspecified atom stereocenters. The first-order valence-electron chi connectivity index (χ1n) is 0. The molecule has 0 aliphatic carbocycles. The summed E-state index contributed by atoms with van der Waals surface area (Å²) < 4.78 is 0. The minimum absolute atomic E-state index is 0. The van der Waals surface area contributed by atoms with Gasteiger partial charge in [-0.15, -0.1) is 0 Å². The van der Waals surface area contributed by atoms with Crippen LogP contribution in [0.25, 0.3) is 0 Å². The number of halogens is 3. The molecule has 0 aromatic rings. The van der Waals surface area contributed by atoms with Crippen LogP contribution in [0.15, 0.2) is 0 Å². The van der Waals surface area contributed by atoms with Gasteiger partial charge in [0.05, 0.1) is 0 Å². The zero-order valence-electron chi connectivity index (χ0n) is 1.63. The van der Waals surface area contributed by atoms with Gasteiger partial charge in [0, 0.05) is 0 Å². The van der Waals surface area contributed by atoms with E-state index in [1.165, 1.54) is 0 Å². The molecule has 0 nitrogen and oxygen atoms in total. The summed E-state index contributed by atoms with van der Waals surface area (Å²) in [4.78, 5) is 0. The molecule has 0 aromatic carbocycles. The van der Waals surface area contributed by atoms with Gasteiger partial charge in [-0.05, 0) is 0 Å². The smallest absolute Gasteiger partial charge is 1.00 e. The molecule has 0 rings (SSSR count). The van der Waals surface area contributed by atoms with Gasteiger partial charge in [-0.25, -0.2) is 0 Å². The van der Waals surface area contributed by atoms with Crippen LogP contribution in [0.2, 0.25) is 0 Å². The molecule has 0 saturated heterocycles. The van der Waals surface area contributed by atoms with Crippen molar-refractivity contribution in [2.45, 2.75) is 0 Å². The summed E-state index contributed by atoms with van der Waals surface area (Å²) >= 11 is 0. The second kappa shape index (κ2) is 32.1. The molecule has 0 aromatic heterocycles. The summed E-state index contributed by atoms with van der Waals surface area (Å²) in [5.41, 5.74) is 0. The van der Waals surface area contributed by atoms with E-state index < -0.39 is 0 Å². The SMILES string of the molecule is [F-].[F-].[F-].[Th+2]. The van der Waals surface area contributed by atoms with Gasteiger partial charge in [0.2, 0.25) is 0 Å². The summed E-state index contributed by atoms with van der Waals surface area (Å²) in [6.45, 7) is 0. The normalized spacial score (nSPS) is 0. The minimum Gasteiger partial charge on any atom is -1.00 e. The predicted molar refractivity (Wildman–Crippen MR) is 0 cm³/mol. The van der Waals surface area contributed by atoms with Crippen LogP contribution < -0.4 is 14.1 Å². The Kier molecular flexibility index (Phi) is 560. The van der Waals surface area contributed by atoms with E-state index in [1.54, 1.807) is 0 Å². The minimum atomic E-state index is 0. The van der Waals surface area contributed by atoms with Crippen molar-refractivity contribution >= 4 is 0 Å². The number of rotatable bonds is 0. The largest absolute Gasteiger partial charge is 2.00 e. The third-order valence-electron chi connectivity index (χ3n) is 0. The van der Waals surface area contributed by atoms with Gasteiger partial charge < -0.3 is 14.1 Å². The molecule has 0 radical (unpaired) electrons. The van der Waals surface area contributed by atoms with Gasteiger partial charge in [-0.1, -0.05) is 0 Å². The summed E-state index contributed by atoms with van der Waals surface area (Å²) in [6, 6.07) is 0. The van der Waals surface area contributed by atoms with Crippen molar-refractivity contribution in [3.05, 3.63) is 0 Å². The zero-order chi connectivity index (χ0) is 0. The Morgan fingerprint density at radius 3 is 0.500 bits per heavy atom. The van der Waals surface area contributed by atoms with Crippen LogP contribution >= 0.6 is 0 Å². The molecule has 4 heavy (non-hydrogen) atoms. The van der Waals surface area contributed by atoms with Crippen LogP contribution in [0.5, 0.6) is 0 Å². The quantitative estimate of drug-likeness (QED) is 0.415. The molecule has 0 aliphatic rings. The molecular formula is F3Th-. The molecule has 0 spiro atoms. The van der Waals surface area contributed by atoms with E-state index >= 15 is 0 Å². The van der Waals surface area contributed by atoms with Gasteiger partial charge in [-0.3, -0.25) is 0 Å². The predicted octanol–water partition coefficient (Wildman–Crippen LogP) is -8.99. The van der Waals surface area contributed by atoms with Crippen molar-refractivity contribution in [3.63, 3.8) is 0 Å². The Morgan fingerprint density at radius 1 is 0.500 bits per heavy atom. The Balaban J connectivity index is 0. The van der Waals surface area contributed by atoms with Crippen LogP contribution in [0.4, 0.5) is 0 Å². The standard InChI is InChI=1S/3FH.Th/h3*1H;/q;;;+2/p-3. The Morgan fingerprint density at radius 2 is 0.500 bits per heavy atom. The van der Waals surface area contributed by atoms with Crippen molar-refractivity contribution in [2.24, 2.45) is 0 Å². The van der Waals surface area contributed by atoms with E-state index in [1.807, 2.05) is 0 Å². The first-order valence-corrected chi connectivity index (χ1v) is 0. The van der Waals surface area contributed by atoms with Gasteiger partial charge in [0.25, 0.3) is 0 Å². The van der Waals surface area contributed by atoms with Crippen LogP contribution in [-0.2, 0) is 0 Å². The third-order valence-corrected chi connectivity index (χ3v) is 0. The fourth-order valence-electron chi connectivity index (χ4n) is 0. The molecule has 26 valence electrons. The van der Waals surface area contributed by atoms with Crippen molar-refractivity contribution < 1.29 is 54.1 Å². The van der Waals surface area contributed by atoms with E-state index in [0.29, 0.717) is 0 Å². The molecule has 0 bridgehead atoms. The fraction of sp³-hybridized carbons (Fsp3) is 0. The molecule has 0 aliphatic heterocycles. The van der Waals surface area contributed by atoms with Crippen molar-refractivity contribution in [2.75, 3.05) is 0 Å². The van der Waals surface area contributed by atoms with E-state index in [0.717, 1.165) is 0 Å². The molecule has 0 saturated carbocycles. The third kappa shape index (κ3) is 11.2. The van der Waals surface area contributed by atoms with Crippen molar-refractivity contribution in [1.82, 2.24) is 0 Å². The van der Waals surface area contributed by atoms with Gasteiger partial charge >= 0.3 is 39.9 Å². The average Bonchev–Trinajstić information content (AvgIpc) is 0. The van der Waals surface area contributed by atoms with E-state index in [-0.39, 0.29) is 54.1 Å². The first kappa shape index (κ1) is 69.7. The Bertz CT molecular complexity index is 3.25.